The number of fused-ring (bicyclic) bond motifs is 1. The Morgan fingerprint density at radius 1 is 1.06 bits per heavy atom. The number of nitrogens with one attached hydrogen (secondary N) is 1. The molecule has 0 radical (unpaired) electrons. The van der Waals surface area contributed by atoms with Gasteiger partial charge in [0.05, 0.1) is 43.8 Å². The molecule has 11 heteroatoms. The quantitative estimate of drug-likeness (QED) is 0.396. The summed E-state index contributed by atoms with van der Waals surface area (Å²) in [6.07, 6.45) is -2.55. The fraction of sp³-hybridized carbons (Fsp3) is 0.417. The summed E-state index contributed by atoms with van der Waals surface area (Å²) in [7, 11) is 3.22. The Morgan fingerprint density at radius 2 is 1.83 bits per heavy atom. The SMILES string of the molecule is C=Nc1cc(CNc2nc(C)nc3cc(OC)c(OCC4(COC)CC4)cc23)nc(C(F)(F)F)c1. The summed E-state index contributed by atoms with van der Waals surface area (Å²) in [5, 5.41) is 3.72. The van der Waals surface area contributed by atoms with Crippen LogP contribution >= 0.6 is 0 Å². The first-order chi connectivity index (χ1) is 16.7. The maximum atomic E-state index is 13.2. The Kier molecular flexibility index (Phi) is 6.79. The van der Waals surface area contributed by atoms with Crippen molar-refractivity contribution in [1.82, 2.24) is 15.0 Å². The van der Waals surface area contributed by atoms with Crippen LogP contribution in [0.1, 0.15) is 30.1 Å². The molecule has 0 spiro atoms. The minimum absolute atomic E-state index is 0.00559. The summed E-state index contributed by atoms with van der Waals surface area (Å²) in [5.74, 6) is 1.97. The van der Waals surface area contributed by atoms with Gasteiger partial charge in [-0.25, -0.2) is 15.0 Å². The van der Waals surface area contributed by atoms with Gasteiger partial charge in [0.2, 0.25) is 0 Å². The maximum Gasteiger partial charge on any atom is 0.433 e. The van der Waals surface area contributed by atoms with Crippen LogP contribution in [0, 0.1) is 12.3 Å². The molecule has 1 aromatic carbocycles. The molecule has 35 heavy (non-hydrogen) atoms. The summed E-state index contributed by atoms with van der Waals surface area (Å²) in [5.41, 5.74) is -0.197. The van der Waals surface area contributed by atoms with Crippen LogP contribution in [-0.2, 0) is 17.5 Å². The molecule has 8 nitrogen and oxygen atoms in total. The largest absolute Gasteiger partial charge is 0.493 e. The average Bonchev–Trinajstić information content (AvgIpc) is 3.59. The summed E-state index contributed by atoms with van der Waals surface area (Å²) in [6, 6.07) is 5.82. The molecule has 1 aliphatic rings. The van der Waals surface area contributed by atoms with Crippen molar-refractivity contribution < 1.29 is 27.4 Å². The fourth-order valence-electron chi connectivity index (χ4n) is 3.78. The lowest BCUT2D eigenvalue weighted by Gasteiger charge is -2.18. The number of alkyl halides is 3. The topological polar surface area (TPSA) is 90.8 Å². The average molecular weight is 489 g/mol. The molecule has 3 aromatic rings. The van der Waals surface area contributed by atoms with E-state index in [-0.39, 0.29) is 23.3 Å². The zero-order valence-corrected chi connectivity index (χ0v) is 19.7. The number of benzene rings is 1. The van der Waals surface area contributed by atoms with Gasteiger partial charge in [0.1, 0.15) is 17.3 Å². The van der Waals surface area contributed by atoms with Crippen molar-refractivity contribution in [3.05, 3.63) is 41.5 Å². The van der Waals surface area contributed by atoms with Crippen molar-refractivity contribution in [3.8, 4) is 11.5 Å². The Morgan fingerprint density at radius 3 is 2.46 bits per heavy atom. The third kappa shape index (κ3) is 5.61. The van der Waals surface area contributed by atoms with Gasteiger partial charge in [-0.05, 0) is 44.7 Å². The minimum Gasteiger partial charge on any atom is -0.493 e. The van der Waals surface area contributed by atoms with Crippen LogP contribution in [-0.4, -0.2) is 49.1 Å². The van der Waals surface area contributed by atoms with Crippen molar-refractivity contribution in [3.63, 3.8) is 0 Å². The summed E-state index contributed by atoms with van der Waals surface area (Å²) >= 11 is 0. The van der Waals surface area contributed by atoms with Crippen LogP contribution < -0.4 is 14.8 Å². The predicted octanol–water partition coefficient (Wildman–Crippen LogP) is 5.11. The third-order valence-corrected chi connectivity index (χ3v) is 5.81. The second-order valence-electron chi connectivity index (χ2n) is 8.57. The van der Waals surface area contributed by atoms with Crippen molar-refractivity contribution in [2.45, 2.75) is 32.5 Å². The first kappa shape index (κ1) is 24.6. The van der Waals surface area contributed by atoms with Crippen molar-refractivity contribution in [2.75, 3.05) is 32.8 Å². The van der Waals surface area contributed by atoms with Crippen LogP contribution in [0.15, 0.2) is 29.3 Å². The van der Waals surface area contributed by atoms with Gasteiger partial charge in [-0.2, -0.15) is 13.2 Å². The highest BCUT2D eigenvalue weighted by Crippen LogP contribution is 2.47. The number of hydrogen-bond acceptors (Lipinski definition) is 8. The van der Waals surface area contributed by atoms with Crippen LogP contribution in [0.3, 0.4) is 0 Å². The van der Waals surface area contributed by atoms with Crippen LogP contribution in [0.4, 0.5) is 24.7 Å². The highest BCUT2D eigenvalue weighted by Gasteiger charge is 2.43. The number of methoxy groups -OCH3 is 2. The van der Waals surface area contributed by atoms with Gasteiger partial charge >= 0.3 is 6.18 Å². The molecule has 4 rings (SSSR count). The number of nitrogens with zero attached hydrogens (tertiary/aromatic N) is 4. The van der Waals surface area contributed by atoms with Gasteiger partial charge < -0.3 is 19.5 Å². The second kappa shape index (κ2) is 9.65. The van der Waals surface area contributed by atoms with Crippen LogP contribution in [0.2, 0.25) is 0 Å². The monoisotopic (exact) mass is 489 g/mol. The summed E-state index contributed by atoms with van der Waals surface area (Å²) in [6.45, 7) is 6.12. The van der Waals surface area contributed by atoms with Crippen molar-refractivity contribution in [2.24, 2.45) is 10.4 Å². The number of hydrogen-bond donors (Lipinski definition) is 1. The normalized spacial score (nSPS) is 14.6. The van der Waals surface area contributed by atoms with Crippen LogP contribution in [0.5, 0.6) is 11.5 Å². The molecule has 1 aliphatic carbocycles. The van der Waals surface area contributed by atoms with Gasteiger partial charge in [0, 0.05) is 24.0 Å². The van der Waals surface area contributed by atoms with E-state index < -0.39 is 11.9 Å². The van der Waals surface area contributed by atoms with Gasteiger partial charge in [-0.15, -0.1) is 0 Å². The lowest BCUT2D eigenvalue weighted by molar-refractivity contribution is -0.141. The number of pyridine rings is 1. The molecule has 1 saturated carbocycles. The molecule has 1 fully saturated rings. The Bertz CT molecular complexity index is 1250. The highest BCUT2D eigenvalue weighted by atomic mass is 19.4. The standard InChI is InChI=1S/C24H26F3N5O3/c1-14-30-18-10-19(34-4)20(35-13-23(5-6-23)12-33-3)9-17(18)22(31-14)29-11-16-7-15(28-2)8-21(32-16)24(25,26)27/h7-10H,2,5-6,11-13H2,1,3-4H3,(H,29,30,31). The van der Waals surface area contributed by atoms with E-state index in [1.165, 1.54) is 6.07 Å². The molecule has 0 saturated heterocycles. The van der Waals surface area contributed by atoms with Gasteiger partial charge in [-0.3, -0.25) is 4.99 Å². The summed E-state index contributed by atoms with van der Waals surface area (Å²) < 4.78 is 56.6. The number of rotatable bonds is 10. The zero-order chi connectivity index (χ0) is 25.2. The molecular weight excluding hydrogens is 463 g/mol. The van der Waals surface area contributed by atoms with E-state index in [1.54, 1.807) is 33.3 Å². The molecule has 2 aromatic heterocycles. The molecular formula is C24H26F3N5O3. The van der Waals surface area contributed by atoms with E-state index in [0.717, 1.165) is 18.9 Å². The lowest BCUT2D eigenvalue weighted by atomic mass is 10.1. The molecule has 0 unspecified atom stereocenters. The fourth-order valence-corrected chi connectivity index (χ4v) is 3.78. The number of aromatic nitrogens is 3. The van der Waals surface area contributed by atoms with E-state index in [9.17, 15) is 13.2 Å². The third-order valence-electron chi connectivity index (χ3n) is 5.81. The highest BCUT2D eigenvalue weighted by molar-refractivity contribution is 5.91. The zero-order valence-electron chi connectivity index (χ0n) is 19.7. The number of anilines is 1. The molecule has 1 N–H and O–H groups in total. The molecule has 0 atom stereocenters. The number of aliphatic imine (C=N–C) groups is 1. The van der Waals surface area contributed by atoms with Crippen molar-refractivity contribution in [1.29, 1.82) is 0 Å². The molecule has 0 amide bonds. The number of ether oxygens (including phenoxy) is 3. The Labute approximate surface area is 200 Å². The van der Waals surface area contributed by atoms with E-state index in [4.69, 9.17) is 14.2 Å². The first-order valence-corrected chi connectivity index (χ1v) is 10.9. The van der Waals surface area contributed by atoms with E-state index >= 15 is 0 Å². The van der Waals surface area contributed by atoms with E-state index in [2.05, 4.69) is 32.0 Å². The molecule has 2 heterocycles. The molecule has 186 valence electrons. The number of aryl methyl sites for hydroxylation is 1. The van der Waals surface area contributed by atoms with Gasteiger partial charge in [0.25, 0.3) is 0 Å². The Balaban J connectivity index is 1.64. The van der Waals surface area contributed by atoms with Gasteiger partial charge in [0.15, 0.2) is 11.5 Å². The molecule has 0 bridgehead atoms. The first-order valence-electron chi connectivity index (χ1n) is 10.9. The summed E-state index contributed by atoms with van der Waals surface area (Å²) in [4.78, 5) is 16.3. The van der Waals surface area contributed by atoms with E-state index in [1.807, 2.05) is 0 Å². The lowest BCUT2D eigenvalue weighted by Crippen LogP contribution is -2.18. The van der Waals surface area contributed by atoms with Crippen molar-refractivity contribution >= 4 is 29.1 Å². The number of halogens is 3. The minimum atomic E-state index is -4.60. The van der Waals surface area contributed by atoms with Crippen LogP contribution in [0.25, 0.3) is 10.9 Å². The van der Waals surface area contributed by atoms with E-state index in [0.29, 0.717) is 47.3 Å². The smallest absolute Gasteiger partial charge is 0.433 e. The molecule has 0 aliphatic heterocycles. The Hall–Kier alpha value is -3.47. The van der Waals surface area contributed by atoms with Gasteiger partial charge in [-0.1, -0.05) is 0 Å². The maximum absolute atomic E-state index is 13.2. The second-order valence-corrected chi connectivity index (χ2v) is 8.57. The predicted molar refractivity (Wildman–Crippen MR) is 126 cm³/mol.